The summed E-state index contributed by atoms with van der Waals surface area (Å²) in [7, 11) is 1.91. The molecule has 2 aliphatic heterocycles. The number of hydrogen-bond acceptors (Lipinski definition) is 6. The monoisotopic (exact) mass is 256 g/mol. The minimum Gasteiger partial charge on any atom is -0.385 e. The summed E-state index contributed by atoms with van der Waals surface area (Å²) in [5, 5.41) is 15.8. The minimum atomic E-state index is -0.901. The summed E-state index contributed by atoms with van der Waals surface area (Å²) in [5.41, 5.74) is 6.17. The van der Waals surface area contributed by atoms with E-state index >= 15 is 0 Å². The van der Waals surface area contributed by atoms with Crippen molar-refractivity contribution in [3.63, 3.8) is 0 Å². The van der Waals surface area contributed by atoms with Crippen LogP contribution in [0.4, 0.5) is 0 Å². The Morgan fingerprint density at radius 3 is 2.88 bits per heavy atom. The van der Waals surface area contributed by atoms with E-state index in [4.69, 9.17) is 0 Å². The predicted octanol–water partition coefficient (Wildman–Crippen LogP) is 0.0975. The largest absolute Gasteiger partial charge is 0.385 e. The number of thiol groups is 1. The van der Waals surface area contributed by atoms with Crippen LogP contribution in [-0.4, -0.2) is 34.8 Å². The van der Waals surface area contributed by atoms with Gasteiger partial charge in [0.05, 0.1) is 17.3 Å². The zero-order chi connectivity index (χ0) is 12.6. The molecule has 2 heterocycles. The van der Waals surface area contributed by atoms with Crippen LogP contribution in [0.5, 0.6) is 0 Å². The molecule has 0 spiro atoms. The number of piperidine rings is 1. The molecule has 0 aromatic carbocycles. The van der Waals surface area contributed by atoms with E-state index in [0.717, 1.165) is 5.70 Å². The average Bonchev–Trinajstić information content (AvgIpc) is 2.63. The van der Waals surface area contributed by atoms with Gasteiger partial charge < -0.3 is 15.8 Å². The fraction of sp³-hybridized carbons (Fsp3) is 0.636. The Labute approximate surface area is 107 Å². The van der Waals surface area contributed by atoms with Crippen molar-refractivity contribution < 1.29 is 5.11 Å². The lowest BCUT2D eigenvalue weighted by molar-refractivity contribution is 0.0279. The van der Waals surface area contributed by atoms with Crippen molar-refractivity contribution in [1.29, 1.82) is 0 Å². The van der Waals surface area contributed by atoms with Crippen molar-refractivity contribution in [2.24, 2.45) is 0 Å². The van der Waals surface area contributed by atoms with Gasteiger partial charge in [-0.15, -0.1) is 18.2 Å². The Kier molecular flexibility index (Phi) is 3.40. The molecule has 1 saturated heterocycles. The van der Waals surface area contributed by atoms with Crippen LogP contribution in [0.15, 0.2) is 23.4 Å². The number of hydrogen-bond donors (Lipinski definition) is 5. The fourth-order valence-corrected chi connectivity index (χ4v) is 2.61. The Bertz CT molecular complexity index is 359. The van der Waals surface area contributed by atoms with Crippen molar-refractivity contribution in [2.45, 2.75) is 37.5 Å². The number of rotatable bonds is 2. The second-order valence-corrected chi connectivity index (χ2v) is 5.48. The van der Waals surface area contributed by atoms with Crippen molar-refractivity contribution in [3.05, 3.63) is 23.4 Å². The molecular formula is C11H20N4OS. The summed E-state index contributed by atoms with van der Waals surface area (Å²) in [4.78, 5) is 0.538. The zero-order valence-electron chi connectivity index (χ0n) is 10.2. The van der Waals surface area contributed by atoms with E-state index in [1.165, 1.54) is 0 Å². The highest BCUT2D eigenvalue weighted by Crippen LogP contribution is 2.34. The lowest BCUT2D eigenvalue weighted by Crippen LogP contribution is -2.55. The third-order valence-electron chi connectivity index (χ3n) is 3.29. The van der Waals surface area contributed by atoms with Crippen molar-refractivity contribution in [3.8, 4) is 0 Å². The molecule has 0 aromatic rings. The number of aliphatic hydroxyl groups is 1. The summed E-state index contributed by atoms with van der Waals surface area (Å²) in [6.45, 7) is 5.84. The molecule has 2 rings (SSSR count). The van der Waals surface area contributed by atoms with E-state index in [2.05, 4.69) is 42.4 Å². The molecule has 0 aliphatic carbocycles. The van der Waals surface area contributed by atoms with Crippen LogP contribution in [-0.2, 0) is 0 Å². The Morgan fingerprint density at radius 2 is 2.35 bits per heavy atom. The number of hydrazine groups is 2. The van der Waals surface area contributed by atoms with E-state index in [-0.39, 0.29) is 12.1 Å². The molecule has 2 aliphatic rings. The van der Waals surface area contributed by atoms with Gasteiger partial charge in [0.2, 0.25) is 0 Å². The average molecular weight is 256 g/mol. The molecule has 96 valence electrons. The summed E-state index contributed by atoms with van der Waals surface area (Å²) >= 11 is 4.23. The van der Waals surface area contributed by atoms with Crippen LogP contribution in [0.1, 0.15) is 19.8 Å². The number of nitrogens with one attached hydrogen (secondary N) is 3. The van der Waals surface area contributed by atoms with E-state index in [9.17, 15) is 5.11 Å². The molecule has 0 bridgehead atoms. The zero-order valence-corrected chi connectivity index (χ0v) is 11.1. The van der Waals surface area contributed by atoms with Crippen LogP contribution >= 0.6 is 12.6 Å². The van der Waals surface area contributed by atoms with Gasteiger partial charge in [0.25, 0.3) is 0 Å². The van der Waals surface area contributed by atoms with Gasteiger partial charge in [0.1, 0.15) is 0 Å². The van der Waals surface area contributed by atoms with Gasteiger partial charge in [-0.1, -0.05) is 6.58 Å². The summed E-state index contributed by atoms with van der Waals surface area (Å²) in [5.74, 6) is 0. The van der Waals surface area contributed by atoms with Gasteiger partial charge in [0, 0.05) is 30.6 Å². The molecule has 3 atom stereocenters. The molecule has 0 unspecified atom stereocenters. The smallest absolute Gasteiger partial charge is 0.0979 e. The first-order chi connectivity index (χ1) is 7.90. The Morgan fingerprint density at radius 1 is 1.65 bits per heavy atom. The lowest BCUT2D eigenvalue weighted by Gasteiger charge is -2.41. The molecule has 0 saturated carbocycles. The van der Waals surface area contributed by atoms with Gasteiger partial charge in [-0.25, -0.2) is 0 Å². The maximum Gasteiger partial charge on any atom is 0.0979 e. The van der Waals surface area contributed by atoms with Gasteiger partial charge in [0.15, 0.2) is 0 Å². The standard InChI is InChI=1S/C11H20N4OS/c1-7-4-11(16,8(2)17)5-9(12-7)10-6-15(3)14-13-10/h6-7,9,12-14,16-17H,2,4-5H2,1,3H3/t7-,9-,11-/m0/s1. The fourth-order valence-electron chi connectivity index (χ4n) is 2.43. The number of nitrogens with zero attached hydrogens (tertiary/aromatic N) is 1. The van der Waals surface area contributed by atoms with Crippen LogP contribution in [0.25, 0.3) is 0 Å². The minimum absolute atomic E-state index is 0.0742. The maximum absolute atomic E-state index is 10.5. The first-order valence-electron chi connectivity index (χ1n) is 5.74. The summed E-state index contributed by atoms with van der Waals surface area (Å²) in [6, 6.07) is 0.293. The topological polar surface area (TPSA) is 59.6 Å². The molecule has 5 nitrogen and oxygen atoms in total. The third kappa shape index (κ3) is 2.60. The quantitative estimate of drug-likeness (QED) is 0.454. The second kappa shape index (κ2) is 4.53. The Hall–Kier alpha value is -0.690. The Balaban J connectivity index is 2.14. The van der Waals surface area contributed by atoms with Crippen molar-refractivity contribution >= 4 is 12.6 Å². The van der Waals surface area contributed by atoms with E-state index in [1.54, 1.807) is 0 Å². The maximum atomic E-state index is 10.5. The molecule has 0 amide bonds. The highest BCUT2D eigenvalue weighted by atomic mass is 32.1. The first-order valence-corrected chi connectivity index (χ1v) is 6.18. The van der Waals surface area contributed by atoms with Gasteiger partial charge >= 0.3 is 0 Å². The van der Waals surface area contributed by atoms with Crippen molar-refractivity contribution in [1.82, 2.24) is 21.3 Å². The summed E-state index contributed by atoms with van der Waals surface area (Å²) in [6.07, 6.45) is 3.19. The highest BCUT2D eigenvalue weighted by Gasteiger charge is 2.40. The van der Waals surface area contributed by atoms with Gasteiger partial charge in [-0.05, 0) is 13.3 Å². The third-order valence-corrected chi connectivity index (χ3v) is 3.71. The molecule has 17 heavy (non-hydrogen) atoms. The molecule has 0 aromatic heterocycles. The molecule has 1 fully saturated rings. The van der Waals surface area contributed by atoms with Crippen molar-refractivity contribution in [2.75, 3.05) is 7.05 Å². The first kappa shape index (κ1) is 12.8. The SMILES string of the molecule is C=C(S)[C@@]1(O)C[C@@H](C2=CN(C)NN2)N[C@@H](C)C1. The predicted molar refractivity (Wildman–Crippen MR) is 70.8 cm³/mol. The second-order valence-electron chi connectivity index (χ2n) is 4.94. The normalized spacial score (nSPS) is 37.6. The van der Waals surface area contributed by atoms with E-state index < -0.39 is 5.60 Å². The molecular weight excluding hydrogens is 236 g/mol. The van der Waals surface area contributed by atoms with Crippen LogP contribution in [0, 0.1) is 0 Å². The van der Waals surface area contributed by atoms with Crippen LogP contribution < -0.4 is 16.3 Å². The van der Waals surface area contributed by atoms with Crippen LogP contribution in [0.3, 0.4) is 0 Å². The molecule has 6 heteroatoms. The van der Waals surface area contributed by atoms with Gasteiger partial charge in [-0.3, -0.25) is 5.01 Å². The van der Waals surface area contributed by atoms with E-state index in [1.807, 2.05) is 18.3 Å². The van der Waals surface area contributed by atoms with Crippen LogP contribution in [0.2, 0.25) is 0 Å². The lowest BCUT2D eigenvalue weighted by atomic mass is 9.83. The van der Waals surface area contributed by atoms with Gasteiger partial charge in [-0.2, -0.15) is 0 Å². The molecule has 4 N–H and O–H groups in total. The highest BCUT2D eigenvalue weighted by molar-refractivity contribution is 7.84. The summed E-state index contributed by atoms with van der Waals surface area (Å²) < 4.78 is 0. The van der Waals surface area contributed by atoms with E-state index in [0.29, 0.717) is 17.7 Å². The molecule has 0 radical (unpaired) electrons.